The smallest absolute Gasteiger partial charge is 0.211 e. The van der Waals surface area contributed by atoms with Crippen LogP contribution in [0, 0.1) is 0 Å². The summed E-state index contributed by atoms with van der Waals surface area (Å²) in [7, 11) is -1.57. The largest absolute Gasteiger partial charge is 0.375 e. The highest BCUT2D eigenvalue weighted by atomic mass is 32.2. The number of methoxy groups -OCH3 is 1. The molecule has 1 aromatic heterocycles. The molecule has 0 spiro atoms. The topological polar surface area (TPSA) is 55.4 Å². The molecule has 1 aromatic rings. The zero-order valence-corrected chi connectivity index (χ0v) is 11.1. The van der Waals surface area contributed by atoms with Crippen LogP contribution in [0.4, 0.5) is 0 Å². The van der Waals surface area contributed by atoms with Crippen molar-refractivity contribution < 1.29 is 13.2 Å². The Hall–Kier alpha value is -0.430. The predicted molar refractivity (Wildman–Crippen MR) is 66.1 cm³/mol. The Balaban J connectivity index is 2.53. The molecule has 1 unspecified atom stereocenters. The lowest BCUT2D eigenvalue weighted by molar-refractivity contribution is 0.107. The van der Waals surface area contributed by atoms with Gasteiger partial charge in [0.05, 0.1) is 11.9 Å². The first-order valence-corrected chi connectivity index (χ1v) is 7.70. The molecule has 1 heterocycles. The van der Waals surface area contributed by atoms with Gasteiger partial charge in [0.1, 0.15) is 0 Å². The summed E-state index contributed by atoms with van der Waals surface area (Å²) in [6.45, 7) is 2.13. The van der Waals surface area contributed by atoms with E-state index >= 15 is 0 Å². The van der Waals surface area contributed by atoms with Crippen molar-refractivity contribution in [2.45, 2.75) is 19.4 Å². The van der Waals surface area contributed by atoms with Crippen LogP contribution in [0.5, 0.6) is 0 Å². The van der Waals surface area contributed by atoms with Crippen molar-refractivity contribution in [3.05, 3.63) is 22.4 Å². The number of sulfonamides is 1. The molecule has 0 bridgehead atoms. The van der Waals surface area contributed by atoms with Gasteiger partial charge in [-0.3, -0.25) is 0 Å². The molecule has 1 N–H and O–H groups in total. The summed E-state index contributed by atoms with van der Waals surface area (Å²) in [5.41, 5.74) is 1.01. The molecule has 6 heteroatoms. The second kappa shape index (κ2) is 6.34. The second-order valence-corrected chi connectivity index (χ2v) is 6.15. The lowest BCUT2D eigenvalue weighted by atomic mass is 10.2. The summed E-state index contributed by atoms with van der Waals surface area (Å²) in [6.07, 6.45) is 0.406. The van der Waals surface area contributed by atoms with E-state index in [9.17, 15) is 8.42 Å². The van der Waals surface area contributed by atoms with Crippen LogP contribution in [-0.4, -0.2) is 27.8 Å². The number of hydrogen-bond acceptors (Lipinski definition) is 4. The molecule has 0 saturated heterocycles. The summed E-state index contributed by atoms with van der Waals surface area (Å²) < 4.78 is 30.7. The zero-order valence-electron chi connectivity index (χ0n) is 9.47. The van der Waals surface area contributed by atoms with Crippen molar-refractivity contribution in [1.29, 1.82) is 0 Å². The molecule has 0 aliphatic rings. The molecule has 1 atom stereocenters. The van der Waals surface area contributed by atoms with Crippen LogP contribution in [-0.2, 0) is 14.8 Å². The zero-order chi connectivity index (χ0) is 12.0. The van der Waals surface area contributed by atoms with Crippen LogP contribution in [0.15, 0.2) is 16.8 Å². The van der Waals surface area contributed by atoms with Crippen LogP contribution in [0.25, 0.3) is 0 Å². The van der Waals surface area contributed by atoms with Gasteiger partial charge >= 0.3 is 0 Å². The number of ether oxygens (including phenoxy) is 1. The average Bonchev–Trinajstić information content (AvgIpc) is 2.72. The first-order chi connectivity index (χ1) is 7.59. The summed E-state index contributed by atoms with van der Waals surface area (Å²) >= 11 is 1.57. The first-order valence-electron chi connectivity index (χ1n) is 5.11. The average molecular weight is 263 g/mol. The fourth-order valence-electron chi connectivity index (χ4n) is 1.34. The van der Waals surface area contributed by atoms with Gasteiger partial charge in [0.2, 0.25) is 10.0 Å². The normalized spacial score (nSPS) is 13.9. The molecule has 0 aliphatic carbocycles. The van der Waals surface area contributed by atoms with Gasteiger partial charge in [-0.1, -0.05) is 6.92 Å². The van der Waals surface area contributed by atoms with E-state index in [1.165, 1.54) is 0 Å². The Morgan fingerprint density at radius 3 is 2.81 bits per heavy atom. The van der Waals surface area contributed by atoms with Crippen molar-refractivity contribution in [1.82, 2.24) is 4.72 Å². The van der Waals surface area contributed by atoms with Crippen molar-refractivity contribution in [2.75, 3.05) is 19.4 Å². The highest BCUT2D eigenvalue weighted by Crippen LogP contribution is 2.18. The maximum absolute atomic E-state index is 11.5. The van der Waals surface area contributed by atoms with Gasteiger partial charge in [-0.2, -0.15) is 11.3 Å². The van der Waals surface area contributed by atoms with Crippen LogP contribution in [0.3, 0.4) is 0 Å². The quantitative estimate of drug-likeness (QED) is 0.815. The lowest BCUT2D eigenvalue weighted by Gasteiger charge is -2.14. The molecule has 0 aliphatic heterocycles. The summed E-state index contributed by atoms with van der Waals surface area (Å²) in [6, 6.07) is 1.94. The predicted octanol–water partition coefficient (Wildman–Crippen LogP) is 1.76. The van der Waals surface area contributed by atoms with Crippen LogP contribution in [0.2, 0.25) is 0 Å². The van der Waals surface area contributed by atoms with Gasteiger partial charge in [0, 0.05) is 13.7 Å². The van der Waals surface area contributed by atoms with Gasteiger partial charge in [-0.05, 0) is 28.8 Å². The Labute approximate surface area is 101 Å². The van der Waals surface area contributed by atoms with Crippen molar-refractivity contribution in [2.24, 2.45) is 0 Å². The number of thiophene rings is 1. The van der Waals surface area contributed by atoms with Crippen molar-refractivity contribution in [3.63, 3.8) is 0 Å². The van der Waals surface area contributed by atoms with Gasteiger partial charge in [-0.15, -0.1) is 0 Å². The molecule has 0 saturated carbocycles. The third-order valence-electron chi connectivity index (χ3n) is 2.16. The highest BCUT2D eigenvalue weighted by Gasteiger charge is 2.15. The van der Waals surface area contributed by atoms with E-state index in [-0.39, 0.29) is 18.4 Å². The van der Waals surface area contributed by atoms with Gasteiger partial charge in [0.15, 0.2) is 0 Å². The molecule has 0 fully saturated rings. The van der Waals surface area contributed by atoms with E-state index in [4.69, 9.17) is 4.74 Å². The van der Waals surface area contributed by atoms with Gasteiger partial charge in [0.25, 0.3) is 0 Å². The number of rotatable bonds is 7. The van der Waals surface area contributed by atoms with E-state index < -0.39 is 10.0 Å². The summed E-state index contributed by atoms with van der Waals surface area (Å²) in [5, 5.41) is 3.91. The van der Waals surface area contributed by atoms with Crippen LogP contribution < -0.4 is 4.72 Å². The number of hydrogen-bond donors (Lipinski definition) is 1. The van der Waals surface area contributed by atoms with Crippen LogP contribution >= 0.6 is 11.3 Å². The highest BCUT2D eigenvalue weighted by molar-refractivity contribution is 7.89. The minimum absolute atomic E-state index is 0.160. The molecule has 16 heavy (non-hydrogen) atoms. The summed E-state index contributed by atoms with van der Waals surface area (Å²) in [4.78, 5) is 0. The van der Waals surface area contributed by atoms with E-state index in [1.807, 2.05) is 23.8 Å². The molecule has 0 aromatic carbocycles. The Kier molecular flexibility index (Phi) is 5.40. The molecular weight excluding hydrogens is 246 g/mol. The monoisotopic (exact) mass is 263 g/mol. The van der Waals surface area contributed by atoms with Crippen molar-refractivity contribution in [3.8, 4) is 0 Å². The Morgan fingerprint density at radius 2 is 2.31 bits per heavy atom. The fraction of sp³-hybridized carbons (Fsp3) is 0.600. The molecule has 0 radical (unpaired) electrons. The van der Waals surface area contributed by atoms with E-state index in [1.54, 1.807) is 18.4 Å². The molecule has 92 valence electrons. The first kappa shape index (κ1) is 13.6. The number of nitrogens with one attached hydrogen (secondary N) is 1. The third-order valence-corrected chi connectivity index (χ3v) is 4.41. The third kappa shape index (κ3) is 4.21. The molecule has 4 nitrogen and oxygen atoms in total. The van der Waals surface area contributed by atoms with Gasteiger partial charge < -0.3 is 4.74 Å². The minimum Gasteiger partial charge on any atom is -0.375 e. The van der Waals surface area contributed by atoms with Crippen LogP contribution in [0.1, 0.15) is 25.0 Å². The maximum atomic E-state index is 11.5. The Bertz CT molecular complexity index is 386. The van der Waals surface area contributed by atoms with Crippen molar-refractivity contribution >= 4 is 21.4 Å². The minimum atomic E-state index is -3.15. The molecule has 1 rings (SSSR count). The maximum Gasteiger partial charge on any atom is 0.211 e. The fourth-order valence-corrected chi connectivity index (χ4v) is 3.13. The second-order valence-electron chi connectivity index (χ2n) is 3.45. The van der Waals surface area contributed by atoms with E-state index in [2.05, 4.69) is 4.72 Å². The summed E-state index contributed by atoms with van der Waals surface area (Å²) in [5.74, 6) is 0.160. The SMILES string of the molecule is CCCS(=O)(=O)NCC(OC)c1ccsc1. The molecular formula is C10H17NO3S2. The lowest BCUT2D eigenvalue weighted by Crippen LogP contribution is -2.30. The standard InChI is InChI=1S/C10H17NO3S2/c1-3-6-16(12,13)11-7-10(14-2)9-4-5-15-8-9/h4-5,8,10-11H,3,6-7H2,1-2H3. The van der Waals surface area contributed by atoms with E-state index in [0.717, 1.165) is 5.56 Å². The van der Waals surface area contributed by atoms with E-state index in [0.29, 0.717) is 6.42 Å². The Morgan fingerprint density at radius 1 is 1.56 bits per heavy atom. The molecule has 0 amide bonds. The van der Waals surface area contributed by atoms with Gasteiger partial charge in [-0.25, -0.2) is 13.1 Å².